The molecule has 0 saturated carbocycles. The molecule has 0 radical (unpaired) electrons. The maximum absolute atomic E-state index is 7.81. The van der Waals surface area contributed by atoms with Gasteiger partial charge in [0.05, 0.1) is 0 Å². The summed E-state index contributed by atoms with van der Waals surface area (Å²) < 4.78 is 24.5. The van der Waals surface area contributed by atoms with Gasteiger partial charge in [-0.2, -0.15) is 0 Å². The molecule has 0 aromatic carbocycles. The van der Waals surface area contributed by atoms with Crippen molar-refractivity contribution in [3.05, 3.63) is 0 Å². The first-order valence-corrected chi connectivity index (χ1v) is 5.30. The Labute approximate surface area is 58.4 Å². The molecule has 0 saturated heterocycles. The van der Waals surface area contributed by atoms with Crippen LogP contribution < -0.4 is 8.58 Å². The van der Waals surface area contributed by atoms with E-state index in [1.54, 1.807) is 0 Å². The molecule has 0 aliphatic rings. The SMILES string of the molecule is Cl.Cl.[NH2][Pt]([NH2])([OH])[OH]. The van der Waals surface area contributed by atoms with Gasteiger partial charge in [0.1, 0.15) is 0 Å². The van der Waals surface area contributed by atoms with Gasteiger partial charge in [-0.15, -0.1) is 24.8 Å². The van der Waals surface area contributed by atoms with E-state index in [0.29, 0.717) is 0 Å². The van der Waals surface area contributed by atoms with Crippen molar-refractivity contribution in [2.75, 3.05) is 0 Å². The maximum atomic E-state index is 7.81. The molecule has 4 nitrogen and oxygen atoms in total. The Balaban J connectivity index is -0.0000000800. The van der Waals surface area contributed by atoms with Crippen molar-refractivity contribution in [2.24, 2.45) is 8.58 Å². The van der Waals surface area contributed by atoms with Crippen LogP contribution in [0.25, 0.3) is 0 Å². The van der Waals surface area contributed by atoms with Crippen LogP contribution in [0.1, 0.15) is 0 Å². The Hall–Kier alpha value is 1.11. The Morgan fingerprint density at radius 1 is 1.00 bits per heavy atom. The van der Waals surface area contributed by atoms with Gasteiger partial charge in [0.2, 0.25) is 0 Å². The van der Waals surface area contributed by atoms with Gasteiger partial charge in [0.15, 0.2) is 0 Å². The topological polar surface area (TPSA) is 92.5 Å². The van der Waals surface area contributed by atoms with Gasteiger partial charge in [-0.05, 0) is 0 Å². The molecule has 7 heteroatoms. The molecular formula is H8Cl2N2O2Pt. The average molecular weight is 334 g/mol. The standard InChI is InChI=1S/2ClH.2H2N.2H2O.Pt/h2*1H;4*1H2;/q;;2*-1;;;+4/p-2. The van der Waals surface area contributed by atoms with E-state index in [0.717, 1.165) is 0 Å². The van der Waals surface area contributed by atoms with Crippen LogP contribution in [0.5, 0.6) is 0 Å². The molecule has 0 unspecified atom stereocenters. The second-order valence-electron chi connectivity index (χ2n) is 0.495. The zero-order chi connectivity index (χ0) is 4.50. The fourth-order valence-electron chi connectivity index (χ4n) is 0. The summed E-state index contributed by atoms with van der Waals surface area (Å²) in [7, 11) is 0. The molecule has 0 spiro atoms. The molecule has 0 atom stereocenters. The van der Waals surface area contributed by atoms with E-state index in [9.17, 15) is 0 Å². The van der Waals surface area contributed by atoms with Crippen LogP contribution in [-0.2, 0) is 17.3 Å². The molecule has 6 N–H and O–H groups in total. The Bertz CT molecular complexity index is 29.2. The fourth-order valence-corrected chi connectivity index (χ4v) is 0. The summed E-state index contributed by atoms with van der Waals surface area (Å²) in [6, 6.07) is 0. The second-order valence-corrected chi connectivity index (χ2v) is 4.05. The summed E-state index contributed by atoms with van der Waals surface area (Å²) in [5.74, 6) is 0. The molecule has 7 heavy (non-hydrogen) atoms. The zero-order valence-electron chi connectivity index (χ0n) is 3.18. The van der Waals surface area contributed by atoms with Crippen LogP contribution in [0.4, 0.5) is 0 Å². The fraction of sp³-hybridized carbons (Fsp3) is 0. The summed E-state index contributed by atoms with van der Waals surface area (Å²) in [6.45, 7) is 0. The predicted molar refractivity (Wildman–Crippen MR) is 27.3 cm³/mol. The molecule has 0 amide bonds. The van der Waals surface area contributed by atoms with Gasteiger partial charge in [-0.3, -0.25) is 0 Å². The van der Waals surface area contributed by atoms with E-state index in [4.69, 9.17) is 7.52 Å². The number of rotatable bonds is 0. The van der Waals surface area contributed by atoms with E-state index in [2.05, 4.69) is 8.58 Å². The van der Waals surface area contributed by atoms with Crippen LogP contribution in [0.3, 0.4) is 0 Å². The molecule has 0 fully saturated rings. The molecule has 54 valence electrons. The van der Waals surface area contributed by atoms with Gasteiger partial charge in [-0.1, -0.05) is 0 Å². The van der Waals surface area contributed by atoms with Crippen molar-refractivity contribution in [1.29, 1.82) is 0 Å². The minimum atomic E-state index is -3.94. The third-order valence-electron chi connectivity index (χ3n) is 0. The zero-order valence-corrected chi connectivity index (χ0v) is 7.09. The summed E-state index contributed by atoms with van der Waals surface area (Å²) >= 11 is -3.94. The number of hydrogen-bond acceptors (Lipinski definition) is 4. The molecular weight excluding hydrogens is 326 g/mol. The van der Waals surface area contributed by atoms with Crippen molar-refractivity contribution in [2.45, 2.75) is 0 Å². The van der Waals surface area contributed by atoms with Crippen LogP contribution >= 0.6 is 24.8 Å². The first kappa shape index (κ1) is 15.7. The Morgan fingerprint density at radius 3 is 1.00 bits per heavy atom. The normalized spacial score (nSPS) is 10.9. The minimum absolute atomic E-state index is 0. The van der Waals surface area contributed by atoms with E-state index < -0.39 is 17.3 Å². The van der Waals surface area contributed by atoms with Gasteiger partial charge >= 0.3 is 33.4 Å². The molecule has 0 aromatic heterocycles. The van der Waals surface area contributed by atoms with Crippen molar-refractivity contribution in [1.82, 2.24) is 0 Å². The van der Waals surface area contributed by atoms with Crippen molar-refractivity contribution < 1.29 is 24.8 Å². The number of nitrogens with two attached hydrogens (primary N) is 2. The number of halogens is 2. The van der Waals surface area contributed by atoms with Gasteiger partial charge in [0.25, 0.3) is 0 Å². The third-order valence-corrected chi connectivity index (χ3v) is 0. The summed E-state index contributed by atoms with van der Waals surface area (Å²) in [4.78, 5) is 0. The van der Waals surface area contributed by atoms with E-state index in [-0.39, 0.29) is 24.8 Å². The monoisotopic (exact) mass is 333 g/mol. The van der Waals surface area contributed by atoms with Gasteiger partial charge < -0.3 is 0 Å². The molecule has 0 aliphatic carbocycles. The Kier molecular flexibility index (Phi) is 11.8. The molecule has 0 bridgehead atoms. The van der Waals surface area contributed by atoms with Crippen molar-refractivity contribution in [3.8, 4) is 0 Å². The van der Waals surface area contributed by atoms with Crippen molar-refractivity contribution >= 4 is 24.8 Å². The van der Waals surface area contributed by atoms with Gasteiger partial charge in [-0.25, -0.2) is 0 Å². The first-order valence-electron chi connectivity index (χ1n) is 0.648. The van der Waals surface area contributed by atoms with Gasteiger partial charge in [0, 0.05) is 0 Å². The molecule has 0 aromatic rings. The van der Waals surface area contributed by atoms with Crippen molar-refractivity contribution in [3.63, 3.8) is 0 Å². The summed E-state index contributed by atoms with van der Waals surface area (Å²) in [5, 5.41) is 0. The quantitative estimate of drug-likeness (QED) is 0.436. The van der Waals surface area contributed by atoms with Crippen LogP contribution in [0, 0.1) is 0 Å². The van der Waals surface area contributed by atoms with E-state index >= 15 is 0 Å². The summed E-state index contributed by atoms with van der Waals surface area (Å²) in [6.07, 6.45) is 0. The third kappa shape index (κ3) is 151. The van der Waals surface area contributed by atoms with Crippen LogP contribution in [0.15, 0.2) is 0 Å². The second kappa shape index (κ2) is 5.25. The van der Waals surface area contributed by atoms with Crippen LogP contribution in [-0.4, -0.2) is 7.52 Å². The molecule has 0 aliphatic heterocycles. The number of hydrogen-bond donors (Lipinski definition) is 4. The molecule has 0 heterocycles. The van der Waals surface area contributed by atoms with Crippen LogP contribution in [0.2, 0.25) is 0 Å². The molecule has 0 rings (SSSR count). The summed E-state index contributed by atoms with van der Waals surface area (Å²) in [5.41, 5.74) is 0. The Morgan fingerprint density at radius 2 is 1.00 bits per heavy atom. The predicted octanol–water partition coefficient (Wildman–Crippen LogP) is -1.45. The first-order chi connectivity index (χ1) is 2.00. The van der Waals surface area contributed by atoms with E-state index in [1.807, 2.05) is 0 Å². The van der Waals surface area contributed by atoms with E-state index in [1.165, 1.54) is 0 Å². The average Bonchev–Trinajstić information content (AvgIpc) is 0.722.